The first-order valence-corrected chi connectivity index (χ1v) is 3.26. The Bertz CT molecular complexity index is 264. The van der Waals surface area contributed by atoms with Crippen LogP contribution in [-0.2, 0) is 0 Å². The largest absolute Gasteiger partial charge is 0.397 e. The number of nitrogens with two attached hydrogens (primary N) is 2. The molecule has 0 unspecified atom stereocenters. The number of allylic oxidation sites excluding steroid dienone is 1. The van der Waals surface area contributed by atoms with E-state index in [1.54, 1.807) is 12.3 Å². The highest BCUT2D eigenvalue weighted by atomic mass is 14.7. The van der Waals surface area contributed by atoms with Crippen molar-refractivity contribution < 1.29 is 5.41 Å². The van der Waals surface area contributed by atoms with E-state index < -0.39 is 0 Å². The van der Waals surface area contributed by atoms with Gasteiger partial charge in [0, 0.05) is 12.3 Å². The number of aromatic nitrogens is 1. The van der Waals surface area contributed by atoms with Crippen molar-refractivity contribution in [3.8, 4) is 0 Å². The zero-order chi connectivity index (χ0) is 8.10. The first kappa shape index (κ1) is 7.47. The maximum Gasteiger partial charge on any atom is 0.162 e. The summed E-state index contributed by atoms with van der Waals surface area (Å²) >= 11 is 0. The van der Waals surface area contributed by atoms with Gasteiger partial charge >= 0.3 is 0 Å². The van der Waals surface area contributed by atoms with E-state index in [4.69, 9.17) is 11.1 Å². The van der Waals surface area contributed by atoms with Crippen molar-refractivity contribution in [3.05, 3.63) is 36.2 Å². The fraction of sp³-hybridized carbons (Fsp3) is 0. The molecule has 1 aromatic heterocycles. The van der Waals surface area contributed by atoms with E-state index in [2.05, 4.69) is 4.98 Å². The Hall–Kier alpha value is -1.64. The van der Waals surface area contributed by atoms with Crippen LogP contribution in [0, 0.1) is 0 Å². The minimum atomic E-state index is 0.577. The Morgan fingerprint density at radius 1 is 1.55 bits per heavy atom. The second kappa shape index (κ2) is 3.51. The first-order valence-electron chi connectivity index (χ1n) is 3.26. The molecule has 0 spiro atoms. The van der Waals surface area contributed by atoms with Crippen molar-refractivity contribution in [1.82, 2.24) is 4.98 Å². The molecular weight excluding hydrogens is 138 g/mol. The lowest BCUT2D eigenvalue weighted by molar-refractivity contribution is -0.104. The van der Waals surface area contributed by atoms with Gasteiger partial charge in [-0.3, -0.25) is 10.4 Å². The molecule has 0 bridgehead atoms. The minimum Gasteiger partial charge on any atom is -0.397 e. The third-order valence-electron chi connectivity index (χ3n) is 1.24. The van der Waals surface area contributed by atoms with Crippen LogP contribution in [0.4, 0.5) is 0 Å². The second-order valence-electron chi connectivity index (χ2n) is 2.03. The van der Waals surface area contributed by atoms with Gasteiger partial charge in [-0.05, 0) is 12.1 Å². The van der Waals surface area contributed by atoms with E-state index in [0.717, 1.165) is 5.69 Å². The molecule has 1 heterocycles. The zero-order valence-corrected chi connectivity index (χ0v) is 6.07. The Morgan fingerprint density at radius 2 is 2.36 bits per heavy atom. The van der Waals surface area contributed by atoms with Crippen LogP contribution in [0.2, 0.25) is 0 Å². The summed E-state index contributed by atoms with van der Waals surface area (Å²) in [5, 5.41) is 5.16. The Balaban J connectivity index is 2.94. The lowest BCUT2D eigenvalue weighted by atomic mass is 10.3. The van der Waals surface area contributed by atoms with E-state index in [1.807, 2.05) is 18.2 Å². The summed E-state index contributed by atoms with van der Waals surface area (Å²) in [6.07, 6.45) is 4.69. The van der Waals surface area contributed by atoms with Crippen molar-refractivity contribution in [1.29, 1.82) is 0 Å². The molecule has 0 aromatic carbocycles. The molecule has 11 heavy (non-hydrogen) atoms. The van der Waals surface area contributed by atoms with Crippen molar-refractivity contribution in [2.24, 2.45) is 5.73 Å². The molecule has 0 atom stereocenters. The molecule has 0 saturated heterocycles. The van der Waals surface area contributed by atoms with Gasteiger partial charge in [0.15, 0.2) is 6.21 Å². The molecule has 3 nitrogen and oxygen atoms in total. The standard InChI is InChI=1S/C8H9N3/c9-5-4-7(10)8-3-1-2-6-11-8/h1-6,9H,10H2/p+1. The lowest BCUT2D eigenvalue weighted by Crippen LogP contribution is -2.28. The van der Waals surface area contributed by atoms with Gasteiger partial charge in [-0.15, -0.1) is 0 Å². The fourth-order valence-corrected chi connectivity index (χ4v) is 0.723. The topological polar surface area (TPSA) is 64.5 Å². The molecule has 0 amide bonds. The van der Waals surface area contributed by atoms with Crippen molar-refractivity contribution in [2.75, 3.05) is 0 Å². The molecule has 56 valence electrons. The molecule has 0 aliphatic heterocycles. The smallest absolute Gasteiger partial charge is 0.162 e. The number of hydrogen-bond donors (Lipinski definition) is 2. The maximum absolute atomic E-state index is 5.59. The van der Waals surface area contributed by atoms with Crippen LogP contribution in [0.3, 0.4) is 0 Å². The van der Waals surface area contributed by atoms with Gasteiger partial charge in [-0.25, -0.2) is 0 Å². The second-order valence-corrected chi connectivity index (χ2v) is 2.03. The van der Waals surface area contributed by atoms with Crippen molar-refractivity contribution in [2.45, 2.75) is 0 Å². The molecule has 0 radical (unpaired) electrons. The van der Waals surface area contributed by atoms with Crippen LogP contribution in [0.15, 0.2) is 30.5 Å². The van der Waals surface area contributed by atoms with Crippen molar-refractivity contribution in [3.63, 3.8) is 0 Å². The molecule has 4 N–H and O–H groups in total. The van der Waals surface area contributed by atoms with Crippen LogP contribution < -0.4 is 11.1 Å². The number of hydrogen-bond acceptors (Lipinski definition) is 2. The molecule has 3 heteroatoms. The fourth-order valence-electron chi connectivity index (χ4n) is 0.723. The van der Waals surface area contributed by atoms with Gasteiger partial charge in [-0.2, -0.15) is 0 Å². The Labute approximate surface area is 65.1 Å². The lowest BCUT2D eigenvalue weighted by Gasteiger charge is -1.95. The molecular formula is C8H10N3+. The SMILES string of the molecule is NC(=CC=[NH2+])c1ccccn1. The van der Waals surface area contributed by atoms with E-state index in [0.29, 0.717) is 5.70 Å². The van der Waals surface area contributed by atoms with E-state index in [9.17, 15) is 0 Å². The quantitative estimate of drug-likeness (QED) is 0.540. The highest BCUT2D eigenvalue weighted by Gasteiger charge is 1.93. The average molecular weight is 148 g/mol. The highest BCUT2D eigenvalue weighted by molar-refractivity contribution is 5.78. The van der Waals surface area contributed by atoms with Crippen LogP contribution in [0.25, 0.3) is 5.70 Å². The predicted molar refractivity (Wildman–Crippen MR) is 44.4 cm³/mol. The van der Waals surface area contributed by atoms with Gasteiger partial charge < -0.3 is 5.73 Å². The summed E-state index contributed by atoms with van der Waals surface area (Å²) < 4.78 is 0. The van der Waals surface area contributed by atoms with E-state index >= 15 is 0 Å². The van der Waals surface area contributed by atoms with Gasteiger partial charge in [-0.1, -0.05) is 6.07 Å². The monoisotopic (exact) mass is 148 g/mol. The summed E-state index contributed by atoms with van der Waals surface area (Å²) in [6, 6.07) is 5.54. The van der Waals surface area contributed by atoms with Gasteiger partial charge in [0.05, 0.1) is 11.4 Å². The van der Waals surface area contributed by atoms with Crippen LogP contribution in [-0.4, -0.2) is 11.2 Å². The van der Waals surface area contributed by atoms with Crippen molar-refractivity contribution >= 4 is 11.9 Å². The minimum absolute atomic E-state index is 0.577. The highest BCUT2D eigenvalue weighted by Crippen LogP contribution is 2.01. The summed E-state index contributed by atoms with van der Waals surface area (Å²) in [4.78, 5) is 4.03. The first-order chi connectivity index (χ1) is 5.34. The maximum atomic E-state index is 5.59. The summed E-state index contributed by atoms with van der Waals surface area (Å²) in [5.41, 5.74) is 6.91. The van der Waals surface area contributed by atoms with E-state index in [1.165, 1.54) is 6.21 Å². The van der Waals surface area contributed by atoms with Gasteiger partial charge in [0.2, 0.25) is 0 Å². The van der Waals surface area contributed by atoms with Gasteiger partial charge in [0.1, 0.15) is 0 Å². The molecule has 0 saturated carbocycles. The Morgan fingerprint density at radius 3 is 2.91 bits per heavy atom. The van der Waals surface area contributed by atoms with Crippen LogP contribution >= 0.6 is 0 Å². The summed E-state index contributed by atoms with van der Waals surface area (Å²) in [7, 11) is 0. The molecule has 0 aliphatic rings. The number of rotatable bonds is 2. The summed E-state index contributed by atoms with van der Waals surface area (Å²) in [5.74, 6) is 0. The molecule has 0 aliphatic carbocycles. The van der Waals surface area contributed by atoms with Gasteiger partial charge in [0.25, 0.3) is 0 Å². The Kier molecular flexibility index (Phi) is 2.38. The normalized spacial score (nSPS) is 11.1. The molecule has 0 fully saturated rings. The van der Waals surface area contributed by atoms with E-state index in [-0.39, 0.29) is 0 Å². The predicted octanol–water partition coefficient (Wildman–Crippen LogP) is -0.789. The third-order valence-corrected chi connectivity index (χ3v) is 1.24. The summed E-state index contributed by atoms with van der Waals surface area (Å²) in [6.45, 7) is 0. The number of pyridine rings is 1. The molecule has 1 rings (SSSR count). The zero-order valence-electron chi connectivity index (χ0n) is 6.07. The average Bonchev–Trinajstić information content (AvgIpc) is 2.07. The van der Waals surface area contributed by atoms with Crippen LogP contribution in [0.1, 0.15) is 5.69 Å². The third kappa shape index (κ3) is 1.89. The molecule has 1 aromatic rings. The number of nitrogens with zero attached hydrogens (tertiary/aromatic N) is 1. The van der Waals surface area contributed by atoms with Crippen LogP contribution in [0.5, 0.6) is 0 Å².